The van der Waals surface area contributed by atoms with Crippen LogP contribution < -0.4 is 14.8 Å². The zero-order chi connectivity index (χ0) is 18.3. The summed E-state index contributed by atoms with van der Waals surface area (Å²) < 4.78 is 36.4. The summed E-state index contributed by atoms with van der Waals surface area (Å²) in [5.41, 5.74) is 0.974. The van der Waals surface area contributed by atoms with Crippen LogP contribution in [0, 0.1) is 0 Å². The van der Waals surface area contributed by atoms with Crippen LogP contribution in [0.25, 0.3) is 0 Å². The lowest BCUT2D eigenvalue weighted by atomic mass is 10.2. The van der Waals surface area contributed by atoms with Crippen LogP contribution in [-0.2, 0) is 16.6 Å². The molecule has 1 aliphatic heterocycles. The Hall–Kier alpha value is -1.02. The second-order valence-corrected chi connectivity index (χ2v) is 8.43. The van der Waals surface area contributed by atoms with Crippen molar-refractivity contribution in [1.29, 1.82) is 0 Å². The molecule has 1 aromatic carbocycles. The van der Waals surface area contributed by atoms with E-state index in [1.165, 1.54) is 0 Å². The molecule has 1 aliphatic rings. The molecular formula is C17H27ClN2O4S. The molecule has 6 nitrogen and oxygen atoms in total. The molecule has 1 saturated heterocycles. The molecule has 0 spiro atoms. The van der Waals surface area contributed by atoms with Crippen molar-refractivity contribution in [2.45, 2.75) is 33.2 Å². The van der Waals surface area contributed by atoms with Gasteiger partial charge in [0.25, 0.3) is 0 Å². The smallest absolute Gasteiger partial charge is 0.214 e. The average Bonchev–Trinajstić information content (AvgIpc) is 2.89. The Labute approximate surface area is 155 Å². The highest BCUT2D eigenvalue weighted by Crippen LogP contribution is 2.36. The zero-order valence-corrected chi connectivity index (χ0v) is 16.5. The Morgan fingerprint density at radius 2 is 2.08 bits per heavy atom. The van der Waals surface area contributed by atoms with Crippen LogP contribution in [0.4, 0.5) is 0 Å². The predicted octanol–water partition coefficient (Wildman–Crippen LogP) is 2.65. The van der Waals surface area contributed by atoms with Crippen molar-refractivity contribution < 1.29 is 17.9 Å². The lowest BCUT2D eigenvalue weighted by Gasteiger charge is -2.16. The number of nitrogens with one attached hydrogen (secondary N) is 1. The Balaban J connectivity index is 1.93. The van der Waals surface area contributed by atoms with Crippen molar-refractivity contribution in [1.82, 2.24) is 9.62 Å². The number of ether oxygens (including phenoxy) is 2. The number of nitrogens with zero attached hydrogens (tertiary/aromatic N) is 1. The first-order valence-electron chi connectivity index (χ1n) is 8.74. The standard InChI is InChI=1S/C17H27ClN2O4S/c1-3-9-24-17-15(18)11-14(12-16(17)23-4-2)13-19-6-8-20-7-5-10-25(20,21)22/h11-12,19H,3-10,13H2,1-2H3. The highest BCUT2D eigenvalue weighted by molar-refractivity contribution is 7.89. The summed E-state index contributed by atoms with van der Waals surface area (Å²) in [5, 5.41) is 3.79. The van der Waals surface area contributed by atoms with Crippen molar-refractivity contribution in [3.63, 3.8) is 0 Å². The minimum atomic E-state index is -3.03. The second kappa shape index (κ2) is 9.62. The average molecular weight is 391 g/mol. The summed E-state index contributed by atoms with van der Waals surface area (Å²) in [4.78, 5) is 0. The van der Waals surface area contributed by atoms with Crippen LogP contribution in [0.2, 0.25) is 5.02 Å². The molecule has 0 bridgehead atoms. The first-order chi connectivity index (χ1) is 12.0. The SMILES string of the molecule is CCCOc1c(Cl)cc(CNCCN2CCCS2(=O)=O)cc1OCC. The van der Waals surface area contributed by atoms with E-state index in [0.29, 0.717) is 55.9 Å². The largest absolute Gasteiger partial charge is 0.490 e. The van der Waals surface area contributed by atoms with Gasteiger partial charge < -0.3 is 14.8 Å². The van der Waals surface area contributed by atoms with Gasteiger partial charge in [0, 0.05) is 26.2 Å². The van der Waals surface area contributed by atoms with Gasteiger partial charge in [0.15, 0.2) is 11.5 Å². The maximum atomic E-state index is 11.8. The van der Waals surface area contributed by atoms with Gasteiger partial charge >= 0.3 is 0 Å². The Bertz CT molecular complexity index is 667. The molecule has 8 heteroatoms. The molecule has 0 saturated carbocycles. The van der Waals surface area contributed by atoms with Gasteiger partial charge in [0.2, 0.25) is 10.0 Å². The van der Waals surface area contributed by atoms with Gasteiger partial charge in [-0.2, -0.15) is 0 Å². The topological polar surface area (TPSA) is 67.9 Å². The minimum Gasteiger partial charge on any atom is -0.490 e. The van der Waals surface area contributed by atoms with Crippen LogP contribution in [0.5, 0.6) is 11.5 Å². The first kappa shape index (κ1) is 20.3. The summed E-state index contributed by atoms with van der Waals surface area (Å²) in [5.74, 6) is 1.49. The molecule has 1 aromatic rings. The van der Waals surface area contributed by atoms with Crippen molar-refractivity contribution in [2.75, 3.05) is 38.6 Å². The van der Waals surface area contributed by atoms with Crippen LogP contribution >= 0.6 is 11.6 Å². The molecule has 1 N–H and O–H groups in total. The van der Waals surface area contributed by atoms with E-state index in [0.717, 1.165) is 18.4 Å². The molecular weight excluding hydrogens is 364 g/mol. The molecule has 0 aliphatic carbocycles. The fourth-order valence-electron chi connectivity index (χ4n) is 2.71. The number of benzene rings is 1. The van der Waals surface area contributed by atoms with Crippen LogP contribution in [0.1, 0.15) is 32.3 Å². The molecule has 0 amide bonds. The lowest BCUT2D eigenvalue weighted by molar-refractivity contribution is 0.277. The zero-order valence-electron chi connectivity index (χ0n) is 14.9. The molecule has 1 fully saturated rings. The highest BCUT2D eigenvalue weighted by atomic mass is 35.5. The molecule has 25 heavy (non-hydrogen) atoms. The van der Waals surface area contributed by atoms with E-state index in [9.17, 15) is 8.42 Å². The number of halogens is 1. The quantitative estimate of drug-likeness (QED) is 0.622. The van der Waals surface area contributed by atoms with E-state index in [-0.39, 0.29) is 5.75 Å². The summed E-state index contributed by atoms with van der Waals surface area (Å²) in [6.45, 7) is 7.35. The van der Waals surface area contributed by atoms with Crippen molar-refractivity contribution in [3.05, 3.63) is 22.7 Å². The second-order valence-electron chi connectivity index (χ2n) is 5.93. The van der Waals surface area contributed by atoms with Gasteiger partial charge in [-0.05, 0) is 37.5 Å². The van der Waals surface area contributed by atoms with Crippen LogP contribution in [-0.4, -0.2) is 51.3 Å². The number of rotatable bonds is 10. The number of sulfonamides is 1. The van der Waals surface area contributed by atoms with Gasteiger partial charge in [0.1, 0.15) is 0 Å². The van der Waals surface area contributed by atoms with E-state index in [4.69, 9.17) is 21.1 Å². The van der Waals surface area contributed by atoms with Crippen molar-refractivity contribution in [2.24, 2.45) is 0 Å². The van der Waals surface area contributed by atoms with Gasteiger partial charge in [0.05, 0.1) is 24.0 Å². The highest BCUT2D eigenvalue weighted by Gasteiger charge is 2.27. The van der Waals surface area contributed by atoms with Gasteiger partial charge in [-0.3, -0.25) is 0 Å². The summed E-state index contributed by atoms with van der Waals surface area (Å²) in [6.07, 6.45) is 1.61. The van der Waals surface area contributed by atoms with Crippen molar-refractivity contribution >= 4 is 21.6 Å². The van der Waals surface area contributed by atoms with Crippen molar-refractivity contribution in [3.8, 4) is 11.5 Å². The third-order valence-corrected chi connectivity index (χ3v) is 6.13. The first-order valence-corrected chi connectivity index (χ1v) is 10.7. The fourth-order valence-corrected chi connectivity index (χ4v) is 4.53. The van der Waals surface area contributed by atoms with E-state index in [1.54, 1.807) is 4.31 Å². The third-order valence-electron chi connectivity index (χ3n) is 3.89. The van der Waals surface area contributed by atoms with E-state index in [2.05, 4.69) is 5.32 Å². The monoisotopic (exact) mass is 390 g/mol. The molecule has 0 unspecified atom stereocenters. The Kier molecular flexibility index (Phi) is 7.81. The predicted molar refractivity (Wildman–Crippen MR) is 100 cm³/mol. The molecule has 0 radical (unpaired) electrons. The van der Waals surface area contributed by atoms with E-state index < -0.39 is 10.0 Å². The Morgan fingerprint density at radius 1 is 1.28 bits per heavy atom. The van der Waals surface area contributed by atoms with E-state index in [1.807, 2.05) is 26.0 Å². The summed E-state index contributed by atoms with van der Waals surface area (Å²) >= 11 is 6.34. The number of hydrogen-bond donors (Lipinski definition) is 1. The maximum Gasteiger partial charge on any atom is 0.214 e. The molecule has 0 aromatic heterocycles. The van der Waals surface area contributed by atoms with Crippen LogP contribution in [0.15, 0.2) is 12.1 Å². The summed E-state index contributed by atoms with van der Waals surface area (Å²) in [7, 11) is -3.03. The van der Waals surface area contributed by atoms with Gasteiger partial charge in [-0.15, -0.1) is 0 Å². The van der Waals surface area contributed by atoms with Crippen LogP contribution in [0.3, 0.4) is 0 Å². The van der Waals surface area contributed by atoms with Gasteiger partial charge in [-0.1, -0.05) is 18.5 Å². The molecule has 0 atom stereocenters. The molecule has 1 heterocycles. The fraction of sp³-hybridized carbons (Fsp3) is 0.647. The Morgan fingerprint density at radius 3 is 2.72 bits per heavy atom. The third kappa shape index (κ3) is 5.74. The molecule has 2 rings (SSSR count). The maximum absolute atomic E-state index is 11.8. The van der Waals surface area contributed by atoms with E-state index >= 15 is 0 Å². The minimum absolute atomic E-state index is 0.263. The normalized spacial score (nSPS) is 16.9. The number of hydrogen-bond acceptors (Lipinski definition) is 5. The van der Waals surface area contributed by atoms with Gasteiger partial charge in [-0.25, -0.2) is 12.7 Å². The lowest BCUT2D eigenvalue weighted by Crippen LogP contribution is -2.33. The summed E-state index contributed by atoms with van der Waals surface area (Å²) in [6, 6.07) is 3.77. The molecule has 142 valence electrons.